The Morgan fingerprint density at radius 3 is 2.00 bits per heavy atom. The summed E-state index contributed by atoms with van der Waals surface area (Å²) in [5.41, 5.74) is 0. The number of carbonyl (C=O) groups excluding carboxylic acids is 2. The highest BCUT2D eigenvalue weighted by atomic mass is 16.7. The zero-order valence-corrected chi connectivity index (χ0v) is 6.99. The van der Waals surface area contributed by atoms with Crippen LogP contribution in [0, 0.1) is 0 Å². The molecule has 0 aromatic carbocycles. The summed E-state index contributed by atoms with van der Waals surface area (Å²) in [7, 11) is 3.14. The van der Waals surface area contributed by atoms with Crippen LogP contribution < -0.4 is 10.6 Å². The van der Waals surface area contributed by atoms with Gasteiger partial charge in [0, 0.05) is 0 Å². The molecule has 12 heavy (non-hydrogen) atoms. The van der Waals surface area contributed by atoms with Gasteiger partial charge in [-0.1, -0.05) is 0 Å². The van der Waals surface area contributed by atoms with Gasteiger partial charge in [-0.05, 0) is 14.1 Å². The van der Waals surface area contributed by atoms with Gasteiger partial charge in [0.05, 0.1) is 6.54 Å². The second kappa shape index (κ2) is 5.50. The van der Waals surface area contributed by atoms with Crippen molar-refractivity contribution in [1.29, 1.82) is 0 Å². The fourth-order valence-corrected chi connectivity index (χ4v) is 0.706. The standard InChI is InChI=1S/C6H12N2O4/c1-7-3-6(8-2,11-4-9)12-5-10/h4-5,7-8H,3H2,1-2H3. The molecule has 0 spiro atoms. The molecule has 0 heterocycles. The van der Waals surface area contributed by atoms with Crippen LogP contribution >= 0.6 is 0 Å². The predicted molar refractivity (Wildman–Crippen MR) is 40.0 cm³/mol. The number of carbonyl (C=O) groups is 2. The van der Waals surface area contributed by atoms with Gasteiger partial charge < -0.3 is 14.8 Å². The minimum Gasteiger partial charge on any atom is -0.409 e. The molecule has 0 aromatic rings. The number of rotatable bonds is 7. The number of ether oxygens (including phenoxy) is 2. The van der Waals surface area contributed by atoms with Crippen molar-refractivity contribution in [3.8, 4) is 0 Å². The average molecular weight is 176 g/mol. The molecule has 0 atom stereocenters. The minimum absolute atomic E-state index is 0.168. The molecule has 70 valence electrons. The van der Waals surface area contributed by atoms with E-state index >= 15 is 0 Å². The number of likely N-dealkylation sites (N-methyl/N-ethyl adjacent to an activating group) is 2. The van der Waals surface area contributed by atoms with E-state index in [1.165, 1.54) is 7.05 Å². The van der Waals surface area contributed by atoms with Gasteiger partial charge in [0.2, 0.25) is 0 Å². The fourth-order valence-electron chi connectivity index (χ4n) is 0.706. The van der Waals surface area contributed by atoms with Crippen molar-refractivity contribution in [2.45, 2.75) is 5.91 Å². The molecule has 0 saturated heterocycles. The smallest absolute Gasteiger partial charge is 0.330 e. The monoisotopic (exact) mass is 176 g/mol. The summed E-state index contributed by atoms with van der Waals surface area (Å²) in [6.07, 6.45) is 0. The van der Waals surface area contributed by atoms with Gasteiger partial charge in [0.1, 0.15) is 0 Å². The molecule has 0 aliphatic carbocycles. The molecule has 0 aliphatic rings. The van der Waals surface area contributed by atoms with Crippen LogP contribution in [0.5, 0.6) is 0 Å². The lowest BCUT2D eigenvalue weighted by molar-refractivity contribution is -0.219. The third kappa shape index (κ3) is 2.85. The van der Waals surface area contributed by atoms with E-state index in [2.05, 4.69) is 20.1 Å². The van der Waals surface area contributed by atoms with Crippen LogP contribution in [0.3, 0.4) is 0 Å². The third-order valence-corrected chi connectivity index (χ3v) is 1.27. The highest BCUT2D eigenvalue weighted by molar-refractivity contribution is 5.41. The summed E-state index contributed by atoms with van der Waals surface area (Å²) in [6, 6.07) is 0. The van der Waals surface area contributed by atoms with Crippen molar-refractivity contribution in [1.82, 2.24) is 10.6 Å². The molecule has 2 N–H and O–H groups in total. The first-order valence-electron chi connectivity index (χ1n) is 3.31. The maximum Gasteiger partial charge on any atom is 0.330 e. The zero-order chi connectivity index (χ0) is 9.45. The number of hydrogen-bond donors (Lipinski definition) is 2. The molecule has 0 radical (unpaired) electrons. The fraction of sp³-hybridized carbons (Fsp3) is 0.667. The van der Waals surface area contributed by atoms with Crippen LogP contribution in [0.4, 0.5) is 0 Å². The van der Waals surface area contributed by atoms with E-state index in [-0.39, 0.29) is 19.5 Å². The molecule has 0 aromatic heterocycles. The Morgan fingerprint density at radius 2 is 1.75 bits per heavy atom. The number of nitrogens with one attached hydrogen (secondary N) is 2. The Labute approximate surface area is 70.2 Å². The Bertz CT molecular complexity index is 140. The maximum absolute atomic E-state index is 10.0. The highest BCUT2D eigenvalue weighted by Crippen LogP contribution is 2.03. The van der Waals surface area contributed by atoms with Gasteiger partial charge >= 0.3 is 5.91 Å². The van der Waals surface area contributed by atoms with Crippen LogP contribution in [-0.4, -0.2) is 39.5 Å². The first-order chi connectivity index (χ1) is 5.74. The second-order valence-electron chi connectivity index (χ2n) is 1.96. The summed E-state index contributed by atoms with van der Waals surface area (Å²) in [5, 5.41) is 5.25. The van der Waals surface area contributed by atoms with E-state index in [4.69, 9.17) is 0 Å². The molecule has 6 heteroatoms. The van der Waals surface area contributed by atoms with Crippen LogP contribution in [0.25, 0.3) is 0 Å². The van der Waals surface area contributed by atoms with Gasteiger partial charge in [0.15, 0.2) is 0 Å². The van der Waals surface area contributed by atoms with Gasteiger partial charge in [-0.25, -0.2) is 5.32 Å². The van der Waals surface area contributed by atoms with E-state index < -0.39 is 5.91 Å². The Morgan fingerprint density at radius 1 is 1.25 bits per heavy atom. The summed E-state index contributed by atoms with van der Waals surface area (Å²) >= 11 is 0. The SMILES string of the molecule is CNCC(NC)(OC=O)OC=O. The quantitative estimate of drug-likeness (QED) is 0.360. The Balaban J connectivity index is 4.25. The summed E-state index contributed by atoms with van der Waals surface area (Å²) in [6.45, 7) is 0.579. The maximum atomic E-state index is 10.0. The zero-order valence-electron chi connectivity index (χ0n) is 6.99. The lowest BCUT2D eigenvalue weighted by Crippen LogP contribution is -2.54. The minimum atomic E-state index is -1.40. The average Bonchev–Trinajstić information content (AvgIpc) is 2.06. The van der Waals surface area contributed by atoms with Crippen molar-refractivity contribution in [3.05, 3.63) is 0 Å². The third-order valence-electron chi connectivity index (χ3n) is 1.27. The summed E-state index contributed by atoms with van der Waals surface area (Å²) in [5.74, 6) is -1.40. The largest absolute Gasteiger partial charge is 0.409 e. The van der Waals surface area contributed by atoms with Crippen molar-refractivity contribution in [2.75, 3.05) is 20.6 Å². The molecular weight excluding hydrogens is 164 g/mol. The number of hydrogen-bond acceptors (Lipinski definition) is 6. The van der Waals surface area contributed by atoms with Crippen molar-refractivity contribution in [2.24, 2.45) is 0 Å². The first-order valence-corrected chi connectivity index (χ1v) is 3.31. The summed E-state index contributed by atoms with van der Waals surface area (Å²) < 4.78 is 9.10. The van der Waals surface area contributed by atoms with Crippen molar-refractivity contribution in [3.63, 3.8) is 0 Å². The molecule has 0 fully saturated rings. The van der Waals surface area contributed by atoms with E-state index in [1.807, 2.05) is 0 Å². The molecule has 6 nitrogen and oxygen atoms in total. The van der Waals surface area contributed by atoms with E-state index in [0.29, 0.717) is 0 Å². The molecule has 0 aliphatic heterocycles. The molecular formula is C6H12N2O4. The molecule has 0 rings (SSSR count). The normalized spacial score (nSPS) is 10.5. The van der Waals surface area contributed by atoms with Gasteiger partial charge in [-0.3, -0.25) is 9.59 Å². The van der Waals surface area contributed by atoms with Gasteiger partial charge in [-0.15, -0.1) is 0 Å². The van der Waals surface area contributed by atoms with Crippen LogP contribution in [0.15, 0.2) is 0 Å². The Kier molecular flexibility index (Phi) is 4.98. The van der Waals surface area contributed by atoms with E-state index in [1.54, 1.807) is 7.05 Å². The highest BCUT2D eigenvalue weighted by Gasteiger charge is 2.31. The molecule has 0 saturated carbocycles. The van der Waals surface area contributed by atoms with Crippen LogP contribution in [0.2, 0.25) is 0 Å². The molecule has 0 unspecified atom stereocenters. The van der Waals surface area contributed by atoms with Crippen molar-refractivity contribution >= 4 is 12.9 Å². The Hall–Kier alpha value is -1.14. The van der Waals surface area contributed by atoms with E-state index in [9.17, 15) is 9.59 Å². The molecule has 0 bridgehead atoms. The molecule has 0 amide bonds. The lowest BCUT2D eigenvalue weighted by Gasteiger charge is -2.28. The van der Waals surface area contributed by atoms with Crippen molar-refractivity contribution < 1.29 is 19.1 Å². The van der Waals surface area contributed by atoms with Gasteiger partial charge in [0.25, 0.3) is 12.9 Å². The predicted octanol–water partition coefficient (Wildman–Crippen LogP) is -1.57. The second-order valence-corrected chi connectivity index (χ2v) is 1.96. The first kappa shape index (κ1) is 10.9. The van der Waals surface area contributed by atoms with Gasteiger partial charge in [-0.2, -0.15) is 0 Å². The topological polar surface area (TPSA) is 76.7 Å². The summed E-state index contributed by atoms with van der Waals surface area (Å²) in [4.78, 5) is 20.1. The van der Waals surface area contributed by atoms with E-state index in [0.717, 1.165) is 0 Å². The van der Waals surface area contributed by atoms with Crippen LogP contribution in [-0.2, 0) is 19.1 Å². The lowest BCUT2D eigenvalue weighted by atomic mass is 10.4. The van der Waals surface area contributed by atoms with Crippen LogP contribution in [0.1, 0.15) is 0 Å².